The monoisotopic (exact) mass is 382 g/mol. The number of nitrogens with one attached hydrogen (secondary N) is 2. The summed E-state index contributed by atoms with van der Waals surface area (Å²) >= 11 is 0. The number of hydrogen-bond donors (Lipinski definition) is 2. The first kappa shape index (κ1) is 20.1. The number of carbonyl (C=O) groups is 2. The Kier molecular flexibility index (Phi) is 6.49. The first-order valence-electron chi connectivity index (χ1n) is 10.2. The number of amides is 2. The number of imidazole rings is 1. The molecule has 1 aliphatic heterocycles. The second-order valence-corrected chi connectivity index (χ2v) is 7.95. The molecule has 2 N–H and O–H groups in total. The highest BCUT2D eigenvalue weighted by atomic mass is 16.2. The zero-order chi connectivity index (χ0) is 20.1. The van der Waals surface area contributed by atoms with Gasteiger partial charge >= 0.3 is 0 Å². The first-order valence-corrected chi connectivity index (χ1v) is 10.2. The van der Waals surface area contributed by atoms with Gasteiger partial charge in [-0.1, -0.05) is 43.7 Å². The molecule has 6 heteroatoms. The van der Waals surface area contributed by atoms with E-state index < -0.39 is 0 Å². The lowest BCUT2D eigenvalue weighted by Crippen LogP contribution is -2.29. The van der Waals surface area contributed by atoms with E-state index in [0.29, 0.717) is 30.5 Å². The molecule has 6 nitrogen and oxygen atoms in total. The van der Waals surface area contributed by atoms with Crippen molar-refractivity contribution in [3.8, 4) is 0 Å². The van der Waals surface area contributed by atoms with Crippen LogP contribution in [0.25, 0.3) is 0 Å². The van der Waals surface area contributed by atoms with Crippen molar-refractivity contribution in [3.63, 3.8) is 0 Å². The van der Waals surface area contributed by atoms with E-state index in [2.05, 4.69) is 29.5 Å². The van der Waals surface area contributed by atoms with Crippen LogP contribution in [0.15, 0.2) is 24.3 Å². The number of rotatable bonds is 7. The number of fused-ring (bicyclic) bond motifs is 1. The fraction of sp³-hybridized carbons (Fsp3) is 0.500. The van der Waals surface area contributed by atoms with Crippen LogP contribution < -0.4 is 10.6 Å². The van der Waals surface area contributed by atoms with Gasteiger partial charge in [0.1, 0.15) is 5.69 Å². The van der Waals surface area contributed by atoms with Gasteiger partial charge in [-0.2, -0.15) is 0 Å². The van der Waals surface area contributed by atoms with Gasteiger partial charge in [0.25, 0.3) is 11.8 Å². The SMILES string of the molecule is Cc1ccc(CNC(=O)c2nc(C(=O)NCCC(C)C)n3c2CCCC3)cc1. The summed E-state index contributed by atoms with van der Waals surface area (Å²) in [6.07, 6.45) is 3.71. The maximum Gasteiger partial charge on any atom is 0.287 e. The molecule has 3 rings (SSSR count). The number of aryl methyl sites for hydroxylation is 1. The van der Waals surface area contributed by atoms with Crippen LogP contribution in [0.1, 0.15) is 71.0 Å². The smallest absolute Gasteiger partial charge is 0.287 e. The predicted octanol–water partition coefficient (Wildman–Crippen LogP) is 3.23. The molecule has 1 aliphatic rings. The molecular weight excluding hydrogens is 352 g/mol. The molecule has 0 radical (unpaired) electrons. The number of nitrogens with zero attached hydrogens (tertiary/aromatic N) is 2. The number of hydrogen-bond acceptors (Lipinski definition) is 3. The molecule has 0 atom stereocenters. The minimum absolute atomic E-state index is 0.193. The van der Waals surface area contributed by atoms with Crippen molar-refractivity contribution in [2.24, 2.45) is 5.92 Å². The van der Waals surface area contributed by atoms with E-state index in [1.165, 1.54) is 5.56 Å². The molecule has 0 saturated carbocycles. The van der Waals surface area contributed by atoms with Crippen LogP contribution in [0, 0.1) is 12.8 Å². The average Bonchev–Trinajstić information content (AvgIpc) is 3.07. The van der Waals surface area contributed by atoms with Crippen molar-refractivity contribution in [2.45, 2.75) is 59.5 Å². The lowest BCUT2D eigenvalue weighted by molar-refractivity contribution is 0.0936. The molecule has 0 spiro atoms. The molecule has 0 saturated heterocycles. The zero-order valence-corrected chi connectivity index (χ0v) is 17.0. The normalized spacial score (nSPS) is 13.3. The van der Waals surface area contributed by atoms with E-state index >= 15 is 0 Å². The average molecular weight is 383 g/mol. The molecule has 28 heavy (non-hydrogen) atoms. The molecule has 2 aromatic rings. The summed E-state index contributed by atoms with van der Waals surface area (Å²) in [6, 6.07) is 8.07. The first-order chi connectivity index (χ1) is 13.5. The van der Waals surface area contributed by atoms with E-state index in [9.17, 15) is 9.59 Å². The maximum atomic E-state index is 12.8. The van der Waals surface area contributed by atoms with E-state index in [1.54, 1.807) is 0 Å². The fourth-order valence-electron chi connectivity index (χ4n) is 3.42. The molecule has 1 aromatic heterocycles. The molecule has 0 bridgehead atoms. The van der Waals surface area contributed by atoms with Gasteiger partial charge in [-0.05, 0) is 44.1 Å². The Morgan fingerprint density at radius 2 is 1.86 bits per heavy atom. The molecule has 150 valence electrons. The summed E-state index contributed by atoms with van der Waals surface area (Å²) < 4.78 is 1.93. The Bertz CT molecular complexity index is 837. The number of aromatic nitrogens is 2. The molecule has 0 unspecified atom stereocenters. The summed E-state index contributed by atoms with van der Waals surface area (Å²) in [5.74, 6) is 0.477. The molecule has 0 fully saturated rings. The Balaban J connectivity index is 1.73. The Hall–Kier alpha value is -2.63. The third-order valence-corrected chi connectivity index (χ3v) is 5.12. The highest BCUT2D eigenvalue weighted by Gasteiger charge is 2.27. The van der Waals surface area contributed by atoms with Crippen molar-refractivity contribution in [2.75, 3.05) is 6.54 Å². The van der Waals surface area contributed by atoms with Gasteiger partial charge in [-0.3, -0.25) is 9.59 Å². The van der Waals surface area contributed by atoms with Crippen molar-refractivity contribution >= 4 is 11.8 Å². The van der Waals surface area contributed by atoms with Crippen molar-refractivity contribution < 1.29 is 9.59 Å². The minimum atomic E-state index is -0.215. The quantitative estimate of drug-likeness (QED) is 0.772. The van der Waals surface area contributed by atoms with Crippen LogP contribution in [-0.4, -0.2) is 27.9 Å². The second kappa shape index (κ2) is 9.04. The lowest BCUT2D eigenvalue weighted by Gasteiger charge is -2.17. The van der Waals surface area contributed by atoms with Crippen LogP contribution in [0.5, 0.6) is 0 Å². The molecule has 2 amide bonds. The summed E-state index contributed by atoms with van der Waals surface area (Å²) in [4.78, 5) is 29.9. The Labute approximate surface area is 166 Å². The van der Waals surface area contributed by atoms with Gasteiger partial charge in [0.05, 0.1) is 5.69 Å². The van der Waals surface area contributed by atoms with Crippen molar-refractivity contribution in [1.82, 2.24) is 20.2 Å². The summed E-state index contributed by atoms with van der Waals surface area (Å²) in [6.45, 7) is 8.09. The van der Waals surface area contributed by atoms with E-state index in [0.717, 1.165) is 43.5 Å². The zero-order valence-electron chi connectivity index (χ0n) is 17.0. The predicted molar refractivity (Wildman–Crippen MR) is 109 cm³/mol. The molecule has 1 aromatic carbocycles. The fourth-order valence-corrected chi connectivity index (χ4v) is 3.42. The van der Waals surface area contributed by atoms with Crippen molar-refractivity contribution in [1.29, 1.82) is 0 Å². The van der Waals surface area contributed by atoms with Gasteiger partial charge in [0.15, 0.2) is 5.82 Å². The number of benzene rings is 1. The van der Waals surface area contributed by atoms with Gasteiger partial charge in [-0.25, -0.2) is 4.98 Å². The van der Waals surface area contributed by atoms with Crippen LogP contribution >= 0.6 is 0 Å². The summed E-state index contributed by atoms with van der Waals surface area (Å²) in [5.41, 5.74) is 3.49. The maximum absolute atomic E-state index is 12.8. The highest BCUT2D eigenvalue weighted by Crippen LogP contribution is 2.21. The van der Waals surface area contributed by atoms with Crippen LogP contribution in [-0.2, 0) is 19.5 Å². The molecular formula is C22H30N4O2. The largest absolute Gasteiger partial charge is 0.349 e. The van der Waals surface area contributed by atoms with Crippen LogP contribution in [0.2, 0.25) is 0 Å². The van der Waals surface area contributed by atoms with Gasteiger partial charge in [0.2, 0.25) is 0 Å². The standard InChI is InChI=1S/C22H30N4O2/c1-15(2)11-12-23-22(28)20-25-19(18-6-4-5-13-26(18)20)21(27)24-14-17-9-7-16(3)8-10-17/h7-10,15H,4-6,11-14H2,1-3H3,(H,23,28)(H,24,27). The number of carbonyl (C=O) groups excluding carboxylic acids is 2. The van der Waals surface area contributed by atoms with Crippen molar-refractivity contribution in [3.05, 3.63) is 52.6 Å². The molecule has 2 heterocycles. The second-order valence-electron chi connectivity index (χ2n) is 7.95. The third-order valence-electron chi connectivity index (χ3n) is 5.12. The molecule has 0 aliphatic carbocycles. The lowest BCUT2D eigenvalue weighted by atomic mass is 10.1. The van der Waals surface area contributed by atoms with Gasteiger partial charge in [-0.15, -0.1) is 0 Å². The van der Waals surface area contributed by atoms with Gasteiger partial charge in [0, 0.05) is 19.6 Å². The Morgan fingerprint density at radius 1 is 1.11 bits per heavy atom. The third kappa shape index (κ3) is 4.80. The Morgan fingerprint density at radius 3 is 2.57 bits per heavy atom. The van der Waals surface area contributed by atoms with E-state index in [1.807, 2.05) is 35.8 Å². The highest BCUT2D eigenvalue weighted by molar-refractivity contribution is 5.97. The van der Waals surface area contributed by atoms with E-state index in [-0.39, 0.29) is 11.8 Å². The van der Waals surface area contributed by atoms with Gasteiger partial charge < -0.3 is 15.2 Å². The van der Waals surface area contributed by atoms with E-state index in [4.69, 9.17) is 0 Å². The van der Waals surface area contributed by atoms with Crippen LogP contribution in [0.3, 0.4) is 0 Å². The summed E-state index contributed by atoms with van der Waals surface area (Å²) in [5, 5.41) is 5.89. The minimum Gasteiger partial charge on any atom is -0.349 e. The topological polar surface area (TPSA) is 76.0 Å². The van der Waals surface area contributed by atoms with Crippen LogP contribution in [0.4, 0.5) is 0 Å². The summed E-state index contributed by atoms with van der Waals surface area (Å²) in [7, 11) is 0.